The number of hydrogen-bond donors (Lipinski definition) is 1. The van der Waals surface area contributed by atoms with E-state index in [-0.39, 0.29) is 0 Å². The van der Waals surface area contributed by atoms with Gasteiger partial charge in [-0.05, 0) is 81.5 Å². The Morgan fingerprint density at radius 1 is 1.07 bits per heavy atom. The van der Waals surface area contributed by atoms with Gasteiger partial charge in [0, 0.05) is 6.04 Å². The first-order valence-electron chi connectivity index (χ1n) is 6.91. The summed E-state index contributed by atoms with van der Waals surface area (Å²) in [6.07, 6.45) is 12.0. The predicted octanol–water partition coefficient (Wildman–Crippen LogP) is 3.33. The van der Waals surface area contributed by atoms with Gasteiger partial charge in [0.1, 0.15) is 0 Å². The summed E-state index contributed by atoms with van der Waals surface area (Å²) in [6.45, 7) is 2.17. The minimum absolute atomic E-state index is 0.415. The van der Waals surface area contributed by atoms with Gasteiger partial charge in [-0.3, -0.25) is 0 Å². The van der Waals surface area contributed by atoms with Crippen LogP contribution in [0, 0.1) is 23.2 Å². The summed E-state index contributed by atoms with van der Waals surface area (Å²) in [6, 6.07) is 0.415. The molecule has 1 atom stereocenters. The molecular weight excluding hydrogens is 182 g/mol. The summed E-state index contributed by atoms with van der Waals surface area (Å²) in [5.41, 5.74) is 6.67. The quantitative estimate of drug-likeness (QED) is 0.754. The van der Waals surface area contributed by atoms with Crippen molar-refractivity contribution in [3.05, 3.63) is 0 Å². The van der Waals surface area contributed by atoms with E-state index in [4.69, 9.17) is 5.73 Å². The van der Waals surface area contributed by atoms with E-state index in [1.807, 2.05) is 0 Å². The van der Waals surface area contributed by atoms with E-state index in [2.05, 4.69) is 6.92 Å². The molecule has 0 unspecified atom stereocenters. The van der Waals surface area contributed by atoms with Crippen LogP contribution in [0.1, 0.15) is 58.3 Å². The lowest BCUT2D eigenvalue weighted by Crippen LogP contribution is -2.46. The maximum Gasteiger partial charge on any atom is 0.00106 e. The molecule has 4 saturated carbocycles. The van der Waals surface area contributed by atoms with Crippen LogP contribution in [0.4, 0.5) is 0 Å². The molecule has 2 N–H and O–H groups in total. The molecule has 1 heteroatoms. The van der Waals surface area contributed by atoms with Gasteiger partial charge in [0.05, 0.1) is 0 Å². The highest BCUT2D eigenvalue weighted by Crippen LogP contribution is 2.61. The van der Waals surface area contributed by atoms with Crippen molar-refractivity contribution in [1.29, 1.82) is 0 Å². The third-order valence-electron chi connectivity index (χ3n) is 5.30. The molecule has 4 bridgehead atoms. The van der Waals surface area contributed by atoms with E-state index in [9.17, 15) is 0 Å². The lowest BCUT2D eigenvalue weighted by molar-refractivity contribution is -0.0586. The lowest BCUT2D eigenvalue weighted by Gasteiger charge is -2.57. The third kappa shape index (κ3) is 1.84. The van der Waals surface area contributed by atoms with Gasteiger partial charge in [0.2, 0.25) is 0 Å². The fourth-order valence-corrected chi connectivity index (χ4v) is 5.13. The lowest BCUT2D eigenvalue weighted by atomic mass is 9.48. The van der Waals surface area contributed by atoms with Gasteiger partial charge >= 0.3 is 0 Å². The van der Waals surface area contributed by atoms with Crippen LogP contribution < -0.4 is 5.73 Å². The van der Waals surface area contributed by atoms with Crippen LogP contribution in [0.15, 0.2) is 0 Å². The van der Waals surface area contributed by atoms with Gasteiger partial charge in [-0.2, -0.15) is 0 Å². The first-order chi connectivity index (χ1) is 7.15. The Morgan fingerprint density at radius 3 is 1.93 bits per heavy atom. The average molecular weight is 207 g/mol. The number of nitrogens with two attached hydrogens (primary N) is 1. The van der Waals surface area contributed by atoms with Gasteiger partial charge in [-0.15, -0.1) is 0 Å². The fraction of sp³-hybridized carbons (Fsp3) is 1.00. The molecule has 0 aromatic rings. The van der Waals surface area contributed by atoms with Gasteiger partial charge in [0.25, 0.3) is 0 Å². The molecule has 15 heavy (non-hydrogen) atoms. The van der Waals surface area contributed by atoms with Crippen molar-refractivity contribution in [3.63, 3.8) is 0 Å². The Balaban J connectivity index is 1.70. The van der Waals surface area contributed by atoms with Crippen molar-refractivity contribution in [2.24, 2.45) is 28.9 Å². The highest BCUT2D eigenvalue weighted by atomic mass is 14.6. The molecular formula is C14H25N. The maximum atomic E-state index is 5.92. The Kier molecular flexibility index (Phi) is 2.35. The summed E-state index contributed by atoms with van der Waals surface area (Å²) >= 11 is 0. The first kappa shape index (κ1) is 10.1. The Hall–Kier alpha value is -0.0400. The van der Waals surface area contributed by atoms with E-state index >= 15 is 0 Å². The molecule has 0 saturated heterocycles. The van der Waals surface area contributed by atoms with Gasteiger partial charge in [0.15, 0.2) is 0 Å². The van der Waals surface area contributed by atoms with Crippen LogP contribution >= 0.6 is 0 Å². The number of hydrogen-bond acceptors (Lipinski definition) is 1. The van der Waals surface area contributed by atoms with E-state index < -0.39 is 0 Å². The second-order valence-electron chi connectivity index (χ2n) is 6.93. The zero-order valence-corrected chi connectivity index (χ0v) is 10.0. The molecule has 86 valence electrons. The minimum Gasteiger partial charge on any atom is -0.328 e. The average Bonchev–Trinajstić information content (AvgIpc) is 2.12. The summed E-state index contributed by atoms with van der Waals surface area (Å²) < 4.78 is 0. The second-order valence-corrected chi connectivity index (χ2v) is 6.93. The molecule has 1 nitrogen and oxygen atoms in total. The van der Waals surface area contributed by atoms with Crippen LogP contribution in [0.2, 0.25) is 0 Å². The van der Waals surface area contributed by atoms with Crippen molar-refractivity contribution in [2.45, 2.75) is 64.3 Å². The molecule has 0 amide bonds. The van der Waals surface area contributed by atoms with Crippen molar-refractivity contribution in [1.82, 2.24) is 0 Å². The van der Waals surface area contributed by atoms with E-state index in [1.54, 1.807) is 38.5 Å². The molecule has 0 heterocycles. The topological polar surface area (TPSA) is 26.0 Å². The van der Waals surface area contributed by atoms with Gasteiger partial charge < -0.3 is 5.73 Å². The van der Waals surface area contributed by atoms with Crippen molar-refractivity contribution < 1.29 is 0 Å². The molecule has 0 radical (unpaired) electrons. The molecule has 4 aliphatic carbocycles. The fourth-order valence-electron chi connectivity index (χ4n) is 5.13. The minimum atomic E-state index is 0.415. The Bertz CT molecular complexity index is 208. The second kappa shape index (κ2) is 3.48. The van der Waals surface area contributed by atoms with Crippen molar-refractivity contribution in [2.75, 3.05) is 0 Å². The van der Waals surface area contributed by atoms with E-state index in [1.165, 1.54) is 12.8 Å². The van der Waals surface area contributed by atoms with Crippen LogP contribution in [-0.2, 0) is 0 Å². The van der Waals surface area contributed by atoms with Crippen LogP contribution in [0.25, 0.3) is 0 Å². The smallest absolute Gasteiger partial charge is 0.00106 e. The highest BCUT2D eigenvalue weighted by molar-refractivity contribution is 5.01. The zero-order valence-electron chi connectivity index (χ0n) is 10.0. The van der Waals surface area contributed by atoms with Gasteiger partial charge in [-0.1, -0.05) is 0 Å². The summed E-state index contributed by atoms with van der Waals surface area (Å²) in [5, 5.41) is 0. The SMILES string of the molecule is C[C@@H](N)CCC12CC3CC(CC(C3)C1)C2. The summed E-state index contributed by atoms with van der Waals surface area (Å²) in [4.78, 5) is 0. The van der Waals surface area contributed by atoms with Crippen LogP contribution in [0.5, 0.6) is 0 Å². The normalized spacial score (nSPS) is 49.6. The number of rotatable bonds is 3. The van der Waals surface area contributed by atoms with Crippen LogP contribution in [0.3, 0.4) is 0 Å². The zero-order chi connectivity index (χ0) is 10.5. The van der Waals surface area contributed by atoms with Crippen molar-refractivity contribution in [3.8, 4) is 0 Å². The first-order valence-corrected chi connectivity index (χ1v) is 6.91. The maximum absolute atomic E-state index is 5.92. The predicted molar refractivity (Wildman–Crippen MR) is 63.5 cm³/mol. The summed E-state index contributed by atoms with van der Waals surface area (Å²) in [7, 11) is 0. The molecule has 0 aromatic heterocycles. The largest absolute Gasteiger partial charge is 0.328 e. The Morgan fingerprint density at radius 2 is 1.53 bits per heavy atom. The molecule has 0 spiro atoms. The van der Waals surface area contributed by atoms with E-state index in [0.29, 0.717) is 6.04 Å². The van der Waals surface area contributed by atoms with Crippen molar-refractivity contribution >= 4 is 0 Å². The molecule has 4 aliphatic rings. The Labute approximate surface area is 93.8 Å². The molecule has 0 aliphatic heterocycles. The monoisotopic (exact) mass is 207 g/mol. The summed E-state index contributed by atoms with van der Waals surface area (Å²) in [5.74, 6) is 3.30. The van der Waals surface area contributed by atoms with E-state index in [0.717, 1.165) is 23.2 Å². The van der Waals surface area contributed by atoms with Gasteiger partial charge in [-0.25, -0.2) is 0 Å². The molecule has 4 fully saturated rings. The molecule has 4 rings (SSSR count). The highest BCUT2D eigenvalue weighted by Gasteiger charge is 2.50. The molecule has 0 aromatic carbocycles. The third-order valence-corrected chi connectivity index (χ3v) is 5.30. The standard InChI is InChI=1S/C14H25N/c1-10(15)2-3-14-7-11-4-12(8-14)6-13(5-11)9-14/h10-13H,2-9,15H2,1H3/t10-,11?,12?,13?,14?/m1/s1. The van der Waals surface area contributed by atoms with Crippen LogP contribution in [-0.4, -0.2) is 6.04 Å².